The lowest BCUT2D eigenvalue weighted by molar-refractivity contribution is -0.139. The van der Waals surface area contributed by atoms with E-state index >= 15 is 0 Å². The van der Waals surface area contributed by atoms with E-state index in [1.54, 1.807) is 30.3 Å². The number of nitrogens with zero attached hydrogens (tertiary/aromatic N) is 1. The van der Waals surface area contributed by atoms with E-state index in [1.165, 1.54) is 4.57 Å². The minimum Gasteiger partial charge on any atom is -0.479 e. The Morgan fingerprint density at radius 1 is 0.769 bits per heavy atom. The molecular formula is C21H16N2O3. The highest BCUT2D eigenvalue weighted by atomic mass is 16.4. The Kier molecular flexibility index (Phi) is 3.89. The van der Waals surface area contributed by atoms with Gasteiger partial charge in [-0.15, -0.1) is 0 Å². The Bertz CT molecular complexity index is 1060. The zero-order valence-electron chi connectivity index (χ0n) is 13.8. The van der Waals surface area contributed by atoms with E-state index < -0.39 is 18.0 Å². The summed E-state index contributed by atoms with van der Waals surface area (Å²) in [5.41, 5.74) is 2.00. The second kappa shape index (κ2) is 6.37. The number of benzene rings is 3. The third-order valence-electron chi connectivity index (χ3n) is 4.43. The van der Waals surface area contributed by atoms with Crippen molar-refractivity contribution in [3.8, 4) is 0 Å². The van der Waals surface area contributed by atoms with Crippen molar-refractivity contribution in [1.82, 2.24) is 9.88 Å². The van der Waals surface area contributed by atoms with E-state index in [0.29, 0.717) is 5.56 Å². The predicted molar refractivity (Wildman–Crippen MR) is 100 cm³/mol. The minimum absolute atomic E-state index is 0.473. The van der Waals surface area contributed by atoms with Crippen molar-refractivity contribution in [2.75, 3.05) is 0 Å². The summed E-state index contributed by atoms with van der Waals surface area (Å²) in [5, 5.41) is 14.1. The van der Waals surface area contributed by atoms with Crippen LogP contribution in [-0.2, 0) is 4.79 Å². The highest BCUT2D eigenvalue weighted by molar-refractivity contribution is 6.13. The second-order valence-electron chi connectivity index (χ2n) is 6.00. The molecule has 1 heterocycles. The Labute approximate surface area is 149 Å². The molecule has 0 fully saturated rings. The number of amides is 1. The summed E-state index contributed by atoms with van der Waals surface area (Å²) < 4.78 is 1.53. The van der Waals surface area contributed by atoms with E-state index in [0.717, 1.165) is 21.8 Å². The molecule has 1 aromatic heterocycles. The van der Waals surface area contributed by atoms with Crippen LogP contribution in [0.25, 0.3) is 21.8 Å². The van der Waals surface area contributed by atoms with E-state index in [4.69, 9.17) is 0 Å². The third kappa shape index (κ3) is 2.59. The molecule has 128 valence electrons. The van der Waals surface area contributed by atoms with Gasteiger partial charge < -0.3 is 10.4 Å². The Morgan fingerprint density at radius 2 is 1.27 bits per heavy atom. The number of fused-ring (bicyclic) bond motifs is 3. The Balaban J connectivity index is 1.82. The summed E-state index contributed by atoms with van der Waals surface area (Å²) >= 11 is 0. The molecule has 0 aliphatic rings. The average Bonchev–Trinajstić information content (AvgIpc) is 3.01. The van der Waals surface area contributed by atoms with Crippen LogP contribution in [0.3, 0.4) is 0 Å². The van der Waals surface area contributed by atoms with Gasteiger partial charge in [0.25, 0.3) is 0 Å². The maximum atomic E-state index is 13.0. The van der Waals surface area contributed by atoms with E-state index in [-0.39, 0.29) is 0 Å². The first-order valence-corrected chi connectivity index (χ1v) is 8.23. The molecule has 0 aliphatic carbocycles. The van der Waals surface area contributed by atoms with Gasteiger partial charge in [0, 0.05) is 10.8 Å². The summed E-state index contributed by atoms with van der Waals surface area (Å²) in [7, 11) is 0. The minimum atomic E-state index is -1.12. The molecule has 1 amide bonds. The fraction of sp³-hybridized carbons (Fsp3) is 0.0476. The van der Waals surface area contributed by atoms with Gasteiger partial charge in [0.15, 0.2) is 6.04 Å². The molecule has 3 aromatic carbocycles. The second-order valence-corrected chi connectivity index (χ2v) is 6.00. The zero-order valence-corrected chi connectivity index (χ0v) is 13.8. The SMILES string of the molecule is O=C(O)[C@H](NC(=O)n1c2ccccc2c2ccccc21)c1ccccc1. The molecule has 0 radical (unpaired) electrons. The topological polar surface area (TPSA) is 71.3 Å². The van der Waals surface area contributed by atoms with Crippen molar-refractivity contribution >= 4 is 33.8 Å². The first-order valence-electron chi connectivity index (χ1n) is 8.23. The number of rotatable bonds is 3. The molecule has 26 heavy (non-hydrogen) atoms. The molecular weight excluding hydrogens is 328 g/mol. The number of carbonyl (C=O) groups excluding carboxylic acids is 1. The van der Waals surface area contributed by atoms with Gasteiger partial charge >= 0.3 is 12.0 Å². The van der Waals surface area contributed by atoms with Crippen LogP contribution in [0.2, 0.25) is 0 Å². The lowest BCUT2D eigenvalue weighted by Gasteiger charge is -2.16. The molecule has 2 N–H and O–H groups in total. The predicted octanol–water partition coefficient (Wildman–Crippen LogP) is 4.18. The lowest BCUT2D eigenvalue weighted by Crippen LogP contribution is -2.36. The first kappa shape index (κ1) is 15.9. The molecule has 5 nitrogen and oxygen atoms in total. The number of aliphatic carboxylic acids is 1. The fourth-order valence-corrected chi connectivity index (χ4v) is 3.26. The molecule has 5 heteroatoms. The smallest absolute Gasteiger partial charge is 0.330 e. The number of carboxylic acids is 1. The summed E-state index contributed by atoms with van der Waals surface area (Å²) in [6.07, 6.45) is 0. The van der Waals surface area contributed by atoms with E-state index in [9.17, 15) is 14.7 Å². The van der Waals surface area contributed by atoms with Crippen LogP contribution in [0.5, 0.6) is 0 Å². The highest BCUT2D eigenvalue weighted by Gasteiger charge is 2.24. The van der Waals surface area contributed by atoms with Crippen LogP contribution >= 0.6 is 0 Å². The Hall–Kier alpha value is -3.60. The molecule has 0 saturated heterocycles. The van der Waals surface area contributed by atoms with Crippen LogP contribution in [0.15, 0.2) is 78.9 Å². The number of hydrogen-bond acceptors (Lipinski definition) is 2. The van der Waals surface area contributed by atoms with Gasteiger partial charge in [-0.25, -0.2) is 9.59 Å². The fourth-order valence-electron chi connectivity index (χ4n) is 3.26. The molecule has 4 aromatic rings. The quantitative estimate of drug-likeness (QED) is 0.586. The number of aromatic nitrogens is 1. The summed E-state index contributed by atoms with van der Waals surface area (Å²) in [5.74, 6) is -1.11. The molecule has 1 atom stereocenters. The lowest BCUT2D eigenvalue weighted by atomic mass is 10.1. The summed E-state index contributed by atoms with van der Waals surface area (Å²) in [6, 6.07) is 22.2. The maximum absolute atomic E-state index is 13.0. The molecule has 4 rings (SSSR count). The van der Waals surface area contributed by atoms with Crippen LogP contribution in [0.4, 0.5) is 4.79 Å². The normalized spacial score (nSPS) is 12.2. The van der Waals surface area contributed by atoms with Crippen LogP contribution in [-0.4, -0.2) is 21.7 Å². The first-order chi connectivity index (χ1) is 12.7. The van der Waals surface area contributed by atoms with Gasteiger partial charge in [-0.2, -0.15) is 0 Å². The van der Waals surface area contributed by atoms with Gasteiger partial charge in [-0.3, -0.25) is 4.57 Å². The van der Waals surface area contributed by atoms with E-state index in [2.05, 4.69) is 5.32 Å². The standard InChI is InChI=1S/C21H16N2O3/c24-20(25)19(14-8-2-1-3-9-14)22-21(26)23-17-12-6-4-10-15(17)16-11-5-7-13-18(16)23/h1-13,19H,(H,22,26)(H,24,25)/t19-/m1/s1. The van der Waals surface area contributed by atoms with Crippen molar-refractivity contribution in [3.05, 3.63) is 84.4 Å². The van der Waals surface area contributed by atoms with Crippen molar-refractivity contribution in [2.45, 2.75) is 6.04 Å². The van der Waals surface area contributed by atoms with Crippen molar-refractivity contribution in [2.24, 2.45) is 0 Å². The van der Waals surface area contributed by atoms with Gasteiger partial charge in [0.2, 0.25) is 0 Å². The van der Waals surface area contributed by atoms with Crippen molar-refractivity contribution in [1.29, 1.82) is 0 Å². The molecule has 0 bridgehead atoms. The number of carboxylic acid groups (broad SMARTS) is 1. The van der Waals surface area contributed by atoms with Crippen molar-refractivity contribution in [3.63, 3.8) is 0 Å². The van der Waals surface area contributed by atoms with Crippen LogP contribution in [0, 0.1) is 0 Å². The van der Waals surface area contributed by atoms with Crippen LogP contribution in [0.1, 0.15) is 11.6 Å². The van der Waals surface area contributed by atoms with Gasteiger partial charge in [0.1, 0.15) is 0 Å². The average molecular weight is 344 g/mol. The zero-order chi connectivity index (χ0) is 18.1. The molecule has 0 spiro atoms. The number of nitrogens with one attached hydrogen (secondary N) is 1. The highest BCUT2D eigenvalue weighted by Crippen LogP contribution is 2.28. The number of para-hydroxylation sites is 2. The molecule has 0 saturated carbocycles. The summed E-state index contributed by atoms with van der Waals surface area (Å²) in [4.78, 5) is 24.7. The third-order valence-corrected chi connectivity index (χ3v) is 4.43. The van der Waals surface area contributed by atoms with Crippen LogP contribution < -0.4 is 5.32 Å². The van der Waals surface area contributed by atoms with Gasteiger partial charge in [0.05, 0.1) is 11.0 Å². The molecule has 0 unspecified atom stereocenters. The maximum Gasteiger partial charge on any atom is 0.330 e. The van der Waals surface area contributed by atoms with Gasteiger partial charge in [-0.05, 0) is 17.7 Å². The van der Waals surface area contributed by atoms with Crippen molar-refractivity contribution < 1.29 is 14.7 Å². The Morgan fingerprint density at radius 3 is 1.81 bits per heavy atom. The molecule has 0 aliphatic heterocycles. The summed E-state index contributed by atoms with van der Waals surface area (Å²) in [6.45, 7) is 0. The van der Waals surface area contributed by atoms with Gasteiger partial charge in [-0.1, -0.05) is 66.7 Å². The largest absolute Gasteiger partial charge is 0.479 e. The van der Waals surface area contributed by atoms with E-state index in [1.807, 2.05) is 48.5 Å². The monoisotopic (exact) mass is 344 g/mol. The number of hydrogen-bond donors (Lipinski definition) is 2. The number of carbonyl (C=O) groups is 2.